The van der Waals surface area contributed by atoms with Crippen LogP contribution in [-0.2, 0) is 10.0 Å². The van der Waals surface area contributed by atoms with Gasteiger partial charge in [0.25, 0.3) is 5.69 Å². The minimum Gasteiger partial charge on any atom is -0.495 e. The van der Waals surface area contributed by atoms with Crippen molar-refractivity contribution in [3.05, 3.63) is 64.0 Å². The predicted molar refractivity (Wildman–Crippen MR) is 103 cm³/mol. The van der Waals surface area contributed by atoms with Gasteiger partial charge in [0, 0.05) is 31.8 Å². The van der Waals surface area contributed by atoms with Crippen molar-refractivity contribution in [3.8, 4) is 5.75 Å². The number of nitro groups is 1. The molecule has 0 radical (unpaired) electrons. The lowest BCUT2D eigenvalue weighted by atomic mass is 10.1. The molecule has 0 aliphatic carbocycles. The summed E-state index contributed by atoms with van der Waals surface area (Å²) >= 11 is 0. The first-order valence-electron chi connectivity index (χ1n) is 8.15. The van der Waals surface area contributed by atoms with Crippen molar-refractivity contribution in [2.24, 2.45) is 0 Å². The lowest BCUT2D eigenvalue weighted by Gasteiger charge is -2.35. The van der Waals surface area contributed by atoms with E-state index >= 15 is 0 Å². The maximum Gasteiger partial charge on any atom is 0.271 e. The first-order chi connectivity index (χ1) is 12.8. The number of nitrogens with one attached hydrogen (secondary N) is 1. The minimum absolute atomic E-state index is 0. The number of nitro benzene ring substituents is 1. The highest BCUT2D eigenvalue weighted by Gasteiger charge is 2.37. The maximum absolute atomic E-state index is 13.6. The Balaban J connectivity index is 0.00000280. The van der Waals surface area contributed by atoms with Gasteiger partial charge in [0.05, 0.1) is 18.1 Å². The number of rotatable bonds is 5. The van der Waals surface area contributed by atoms with Gasteiger partial charge in [-0.05, 0) is 23.8 Å². The molecule has 3 rings (SSSR count). The number of nitrogens with zero attached hydrogens (tertiary/aromatic N) is 2. The Labute approximate surface area is 167 Å². The average Bonchev–Trinajstić information content (AvgIpc) is 2.67. The second-order valence-electron chi connectivity index (χ2n) is 5.98. The van der Waals surface area contributed by atoms with Gasteiger partial charge in [-0.15, -0.1) is 12.4 Å². The Kier molecular flexibility index (Phi) is 6.94. The van der Waals surface area contributed by atoms with E-state index in [1.54, 1.807) is 6.07 Å². The molecule has 2 aromatic rings. The standard InChI is InChI=1S/C17H18FN3O5S.ClH/c1-26-16-6-5-14(21(22)23)10-17(16)27(24,25)20-8-7-19-11-15(20)12-3-2-4-13(18)9-12;/h2-6,9-10,15,19H,7-8,11H2,1H3;1H. The van der Waals surface area contributed by atoms with Crippen molar-refractivity contribution < 1.29 is 22.5 Å². The van der Waals surface area contributed by atoms with Crippen molar-refractivity contribution in [3.63, 3.8) is 0 Å². The second kappa shape index (κ2) is 8.82. The van der Waals surface area contributed by atoms with Crippen LogP contribution in [0, 0.1) is 15.9 Å². The van der Waals surface area contributed by atoms with Crippen LogP contribution < -0.4 is 10.1 Å². The molecule has 0 aromatic heterocycles. The summed E-state index contributed by atoms with van der Waals surface area (Å²) in [6.45, 7) is 0.831. The Hall–Kier alpha value is -2.27. The molecule has 0 spiro atoms. The fraction of sp³-hybridized carbons (Fsp3) is 0.294. The SMILES string of the molecule is COc1ccc([N+](=O)[O-])cc1S(=O)(=O)N1CCNCC1c1cccc(F)c1.Cl. The van der Waals surface area contributed by atoms with E-state index in [1.165, 1.54) is 41.7 Å². The summed E-state index contributed by atoms with van der Waals surface area (Å²) in [4.78, 5) is 10.1. The Morgan fingerprint density at radius 2 is 2.04 bits per heavy atom. The average molecular weight is 432 g/mol. The van der Waals surface area contributed by atoms with E-state index in [2.05, 4.69) is 5.32 Å². The van der Waals surface area contributed by atoms with E-state index in [4.69, 9.17) is 4.74 Å². The molecule has 1 N–H and O–H groups in total. The van der Waals surface area contributed by atoms with Crippen LogP contribution in [-0.4, -0.2) is 44.4 Å². The van der Waals surface area contributed by atoms with E-state index < -0.39 is 26.8 Å². The van der Waals surface area contributed by atoms with E-state index in [0.717, 1.165) is 6.07 Å². The van der Waals surface area contributed by atoms with Gasteiger partial charge in [-0.1, -0.05) is 12.1 Å². The molecule has 1 unspecified atom stereocenters. The maximum atomic E-state index is 13.6. The van der Waals surface area contributed by atoms with E-state index in [1.807, 2.05) is 0 Å². The molecule has 1 atom stereocenters. The van der Waals surface area contributed by atoms with Gasteiger partial charge in [-0.2, -0.15) is 4.31 Å². The van der Waals surface area contributed by atoms with Gasteiger partial charge in [0.1, 0.15) is 16.5 Å². The summed E-state index contributed by atoms with van der Waals surface area (Å²) in [5.74, 6) is -0.458. The number of benzene rings is 2. The minimum atomic E-state index is -4.13. The van der Waals surface area contributed by atoms with E-state index in [9.17, 15) is 22.9 Å². The van der Waals surface area contributed by atoms with Crippen LogP contribution in [0.3, 0.4) is 0 Å². The van der Waals surface area contributed by atoms with E-state index in [0.29, 0.717) is 18.7 Å². The zero-order valence-electron chi connectivity index (χ0n) is 14.9. The highest BCUT2D eigenvalue weighted by Crippen LogP contribution is 2.35. The predicted octanol–water partition coefficient (Wildman–Crippen LogP) is 2.50. The zero-order valence-corrected chi connectivity index (χ0v) is 16.5. The number of methoxy groups -OCH3 is 1. The third-order valence-electron chi connectivity index (χ3n) is 4.37. The number of piperazine rings is 1. The molecule has 1 aliphatic heterocycles. The van der Waals surface area contributed by atoms with Crippen molar-refractivity contribution in [1.82, 2.24) is 9.62 Å². The summed E-state index contributed by atoms with van der Waals surface area (Å²) < 4.78 is 46.6. The summed E-state index contributed by atoms with van der Waals surface area (Å²) in [7, 11) is -2.84. The molecule has 1 saturated heterocycles. The van der Waals surface area contributed by atoms with Gasteiger partial charge in [-0.25, -0.2) is 12.8 Å². The largest absolute Gasteiger partial charge is 0.495 e. The van der Waals surface area contributed by atoms with Crippen LogP contribution >= 0.6 is 12.4 Å². The number of ether oxygens (including phenoxy) is 1. The molecular weight excluding hydrogens is 413 g/mol. The smallest absolute Gasteiger partial charge is 0.271 e. The molecule has 152 valence electrons. The monoisotopic (exact) mass is 431 g/mol. The second-order valence-corrected chi connectivity index (χ2v) is 7.84. The molecule has 1 fully saturated rings. The van der Waals surface area contributed by atoms with Gasteiger partial charge in [0.15, 0.2) is 0 Å². The first kappa shape index (κ1) is 22.0. The molecule has 2 aromatic carbocycles. The van der Waals surface area contributed by atoms with Crippen molar-refractivity contribution in [2.75, 3.05) is 26.7 Å². The molecule has 11 heteroatoms. The zero-order chi connectivity index (χ0) is 19.6. The lowest BCUT2D eigenvalue weighted by molar-refractivity contribution is -0.385. The third-order valence-corrected chi connectivity index (χ3v) is 6.30. The number of non-ortho nitro benzene ring substituents is 1. The van der Waals surface area contributed by atoms with Crippen LogP contribution in [0.1, 0.15) is 11.6 Å². The third kappa shape index (κ3) is 4.25. The molecular formula is C17H19ClFN3O5S. The fourth-order valence-corrected chi connectivity index (χ4v) is 4.87. The fourth-order valence-electron chi connectivity index (χ4n) is 3.08. The number of halogens is 2. The highest BCUT2D eigenvalue weighted by molar-refractivity contribution is 7.89. The molecule has 0 bridgehead atoms. The molecule has 0 amide bonds. The summed E-state index contributed by atoms with van der Waals surface area (Å²) in [6, 6.07) is 8.49. The summed E-state index contributed by atoms with van der Waals surface area (Å²) in [5, 5.41) is 14.2. The molecule has 28 heavy (non-hydrogen) atoms. The topological polar surface area (TPSA) is 102 Å². The Bertz CT molecular complexity index is 973. The van der Waals surface area contributed by atoms with Crippen LogP contribution in [0.15, 0.2) is 47.4 Å². The molecule has 1 aliphatic rings. The van der Waals surface area contributed by atoms with Gasteiger partial charge in [0.2, 0.25) is 10.0 Å². The van der Waals surface area contributed by atoms with Gasteiger partial charge in [-0.3, -0.25) is 10.1 Å². The van der Waals surface area contributed by atoms with Crippen molar-refractivity contribution in [2.45, 2.75) is 10.9 Å². The highest BCUT2D eigenvalue weighted by atomic mass is 35.5. The van der Waals surface area contributed by atoms with Crippen LogP contribution in [0.25, 0.3) is 0 Å². The van der Waals surface area contributed by atoms with Crippen molar-refractivity contribution >= 4 is 28.1 Å². The van der Waals surface area contributed by atoms with Crippen LogP contribution in [0.5, 0.6) is 5.75 Å². The first-order valence-corrected chi connectivity index (χ1v) is 9.59. The van der Waals surface area contributed by atoms with Gasteiger partial charge >= 0.3 is 0 Å². The number of hydrogen-bond donors (Lipinski definition) is 1. The summed E-state index contributed by atoms with van der Waals surface area (Å²) in [5.41, 5.74) is 0.141. The van der Waals surface area contributed by atoms with E-state index in [-0.39, 0.29) is 35.3 Å². The normalized spacial score (nSPS) is 17.6. The quantitative estimate of drug-likeness (QED) is 0.576. The van der Waals surface area contributed by atoms with Gasteiger partial charge < -0.3 is 10.1 Å². The van der Waals surface area contributed by atoms with Crippen LogP contribution in [0.2, 0.25) is 0 Å². The number of sulfonamides is 1. The summed E-state index contributed by atoms with van der Waals surface area (Å²) in [6.07, 6.45) is 0. The van der Waals surface area contributed by atoms with Crippen LogP contribution in [0.4, 0.5) is 10.1 Å². The molecule has 1 heterocycles. The van der Waals surface area contributed by atoms with Crippen molar-refractivity contribution in [1.29, 1.82) is 0 Å². The Morgan fingerprint density at radius 3 is 2.68 bits per heavy atom. The lowest BCUT2D eigenvalue weighted by Crippen LogP contribution is -2.48. The Morgan fingerprint density at radius 1 is 1.29 bits per heavy atom. The molecule has 8 nitrogen and oxygen atoms in total. The number of hydrogen-bond acceptors (Lipinski definition) is 6. The molecule has 0 saturated carbocycles.